The van der Waals surface area contributed by atoms with Gasteiger partial charge in [-0.3, -0.25) is 0 Å². The second-order valence-corrected chi connectivity index (χ2v) is 6.96. The van der Waals surface area contributed by atoms with Crippen molar-refractivity contribution in [1.29, 1.82) is 0 Å². The quantitative estimate of drug-likeness (QED) is 0.523. The lowest BCUT2D eigenvalue weighted by atomic mass is 10.0. The summed E-state index contributed by atoms with van der Waals surface area (Å²) in [6, 6.07) is 15.3. The smallest absolute Gasteiger partial charge is 0.229 e. The second kappa shape index (κ2) is 8.93. The monoisotopic (exact) mass is 402 g/mol. The maximum absolute atomic E-state index is 6.19. The molecule has 0 amide bonds. The Kier molecular flexibility index (Phi) is 6.37. The van der Waals surface area contributed by atoms with Crippen molar-refractivity contribution >= 4 is 35.0 Å². The first-order chi connectivity index (χ1) is 13.0. The molecule has 0 fully saturated rings. The summed E-state index contributed by atoms with van der Waals surface area (Å²) in [7, 11) is 0. The Labute approximate surface area is 168 Å². The molecule has 0 saturated carbocycles. The number of ether oxygens (including phenoxy) is 1. The lowest BCUT2D eigenvalue weighted by Crippen LogP contribution is -2.07. The van der Waals surface area contributed by atoms with Crippen LogP contribution in [0.2, 0.25) is 10.0 Å². The number of hydrogen-bond donors (Lipinski definition) is 2. The molecule has 1 aromatic heterocycles. The van der Waals surface area contributed by atoms with Gasteiger partial charge in [0.2, 0.25) is 11.8 Å². The lowest BCUT2D eigenvalue weighted by molar-refractivity contribution is 0.455. The number of rotatable bonds is 7. The molecule has 1 heterocycles. The molecule has 140 valence electrons. The van der Waals surface area contributed by atoms with Gasteiger partial charge in [0, 0.05) is 5.02 Å². The number of nitrogens with zero attached hydrogens (tertiary/aromatic N) is 2. The van der Waals surface area contributed by atoms with Crippen molar-refractivity contribution in [1.82, 2.24) is 9.97 Å². The summed E-state index contributed by atoms with van der Waals surface area (Å²) in [6.07, 6.45) is 3.60. The standard InChI is InChI=1S/C20H20Cl2N4O/c21-14-10-11-17(16(22)12-14)27-19-15(18(23)25-20(24)26-19)9-5-4-8-13-6-2-1-3-7-13/h1-3,6-7,10-12H,4-5,8-9H2,(H4,23,24,25,26). The third-order valence-electron chi connectivity index (χ3n) is 4.10. The van der Waals surface area contributed by atoms with Crippen LogP contribution in [0.25, 0.3) is 0 Å². The fourth-order valence-corrected chi connectivity index (χ4v) is 3.20. The van der Waals surface area contributed by atoms with Gasteiger partial charge in [0.15, 0.2) is 0 Å². The van der Waals surface area contributed by atoms with Gasteiger partial charge in [-0.15, -0.1) is 0 Å². The van der Waals surface area contributed by atoms with E-state index in [9.17, 15) is 0 Å². The number of anilines is 2. The van der Waals surface area contributed by atoms with E-state index in [0.717, 1.165) is 24.8 Å². The highest BCUT2D eigenvalue weighted by Crippen LogP contribution is 2.34. The minimum atomic E-state index is 0.0561. The molecule has 0 aliphatic carbocycles. The number of aromatic nitrogens is 2. The first-order valence-electron chi connectivity index (χ1n) is 8.61. The number of hydrogen-bond acceptors (Lipinski definition) is 5. The predicted molar refractivity (Wildman–Crippen MR) is 110 cm³/mol. The van der Waals surface area contributed by atoms with Crippen LogP contribution in [0, 0.1) is 0 Å². The SMILES string of the molecule is Nc1nc(N)c(CCCCc2ccccc2)c(Oc2ccc(Cl)cc2Cl)n1. The molecule has 2 aromatic carbocycles. The van der Waals surface area contributed by atoms with Crippen LogP contribution >= 0.6 is 23.2 Å². The van der Waals surface area contributed by atoms with Crippen LogP contribution in [-0.2, 0) is 12.8 Å². The van der Waals surface area contributed by atoms with Crippen molar-refractivity contribution in [2.24, 2.45) is 0 Å². The average molecular weight is 403 g/mol. The molecule has 3 rings (SSSR count). The van der Waals surface area contributed by atoms with Gasteiger partial charge in [0.05, 0.1) is 10.6 Å². The number of unbranched alkanes of at least 4 members (excludes halogenated alkanes) is 1. The highest BCUT2D eigenvalue weighted by Gasteiger charge is 2.15. The highest BCUT2D eigenvalue weighted by atomic mass is 35.5. The van der Waals surface area contributed by atoms with E-state index in [1.54, 1.807) is 18.2 Å². The van der Waals surface area contributed by atoms with Crippen molar-refractivity contribution in [2.45, 2.75) is 25.7 Å². The van der Waals surface area contributed by atoms with Crippen LogP contribution in [0.3, 0.4) is 0 Å². The molecule has 5 nitrogen and oxygen atoms in total. The summed E-state index contributed by atoms with van der Waals surface area (Å²) in [5.74, 6) is 1.14. The van der Waals surface area contributed by atoms with Gasteiger partial charge in [0.1, 0.15) is 11.6 Å². The first kappa shape index (κ1) is 19.3. The van der Waals surface area contributed by atoms with Crippen molar-refractivity contribution < 1.29 is 4.74 Å². The molecule has 0 radical (unpaired) electrons. The Morgan fingerprint density at radius 1 is 0.889 bits per heavy atom. The van der Waals surface area contributed by atoms with Crippen LogP contribution < -0.4 is 16.2 Å². The number of nitrogens with two attached hydrogens (primary N) is 2. The van der Waals surface area contributed by atoms with E-state index in [2.05, 4.69) is 22.1 Å². The van der Waals surface area contributed by atoms with Crippen LogP contribution in [0.5, 0.6) is 11.6 Å². The Morgan fingerprint density at radius 3 is 2.37 bits per heavy atom. The van der Waals surface area contributed by atoms with E-state index >= 15 is 0 Å². The molecular formula is C20H20Cl2N4O. The van der Waals surface area contributed by atoms with Crippen molar-refractivity contribution in [3.63, 3.8) is 0 Å². The minimum absolute atomic E-state index is 0.0561. The van der Waals surface area contributed by atoms with E-state index in [4.69, 9.17) is 39.4 Å². The molecule has 4 N–H and O–H groups in total. The molecule has 0 atom stereocenters. The topological polar surface area (TPSA) is 87.0 Å². The summed E-state index contributed by atoms with van der Waals surface area (Å²) in [5, 5.41) is 0.906. The largest absolute Gasteiger partial charge is 0.437 e. The van der Waals surface area contributed by atoms with Gasteiger partial charge in [-0.25, -0.2) is 0 Å². The normalized spacial score (nSPS) is 10.7. The van der Waals surface area contributed by atoms with E-state index in [0.29, 0.717) is 33.9 Å². The molecular weight excluding hydrogens is 383 g/mol. The van der Waals surface area contributed by atoms with Crippen LogP contribution in [0.1, 0.15) is 24.0 Å². The van der Waals surface area contributed by atoms with Gasteiger partial charge < -0.3 is 16.2 Å². The molecule has 0 bridgehead atoms. The highest BCUT2D eigenvalue weighted by molar-refractivity contribution is 6.35. The van der Waals surface area contributed by atoms with Gasteiger partial charge in [-0.05, 0) is 49.4 Å². The Balaban J connectivity index is 1.72. The maximum Gasteiger partial charge on any atom is 0.229 e. The minimum Gasteiger partial charge on any atom is -0.437 e. The maximum atomic E-state index is 6.19. The molecule has 0 saturated heterocycles. The van der Waals surface area contributed by atoms with E-state index < -0.39 is 0 Å². The van der Waals surface area contributed by atoms with Gasteiger partial charge in [-0.1, -0.05) is 53.5 Å². The summed E-state index contributed by atoms with van der Waals surface area (Å²) in [5.41, 5.74) is 13.8. The Morgan fingerprint density at radius 2 is 1.63 bits per heavy atom. The second-order valence-electron chi connectivity index (χ2n) is 6.12. The number of halogens is 2. The van der Waals surface area contributed by atoms with Crippen LogP contribution in [-0.4, -0.2) is 9.97 Å². The van der Waals surface area contributed by atoms with Gasteiger partial charge >= 0.3 is 0 Å². The van der Waals surface area contributed by atoms with E-state index in [-0.39, 0.29) is 5.95 Å². The summed E-state index contributed by atoms with van der Waals surface area (Å²) >= 11 is 12.1. The zero-order valence-corrected chi connectivity index (χ0v) is 16.2. The molecule has 27 heavy (non-hydrogen) atoms. The fourth-order valence-electron chi connectivity index (χ4n) is 2.75. The number of aryl methyl sites for hydroxylation is 1. The van der Waals surface area contributed by atoms with E-state index in [1.165, 1.54) is 5.56 Å². The van der Waals surface area contributed by atoms with Gasteiger partial charge in [0.25, 0.3) is 0 Å². The van der Waals surface area contributed by atoms with Crippen LogP contribution in [0.4, 0.5) is 11.8 Å². The first-order valence-corrected chi connectivity index (χ1v) is 9.37. The summed E-state index contributed by atoms with van der Waals surface area (Å²) in [6.45, 7) is 0. The van der Waals surface area contributed by atoms with Gasteiger partial charge in [-0.2, -0.15) is 9.97 Å². The molecule has 3 aromatic rings. The zero-order chi connectivity index (χ0) is 19.2. The molecule has 7 heteroatoms. The van der Waals surface area contributed by atoms with Crippen LogP contribution in [0.15, 0.2) is 48.5 Å². The molecule has 0 unspecified atom stereocenters. The summed E-state index contributed by atoms with van der Waals surface area (Å²) < 4.78 is 5.87. The fraction of sp³-hybridized carbons (Fsp3) is 0.200. The number of benzene rings is 2. The van der Waals surface area contributed by atoms with Crippen molar-refractivity contribution in [2.75, 3.05) is 11.5 Å². The lowest BCUT2D eigenvalue weighted by Gasteiger charge is -2.13. The van der Waals surface area contributed by atoms with Crippen molar-refractivity contribution in [3.8, 4) is 11.6 Å². The average Bonchev–Trinajstić information content (AvgIpc) is 2.63. The Bertz CT molecular complexity index is 919. The molecule has 0 spiro atoms. The number of nitrogen functional groups attached to an aromatic ring is 2. The molecule has 0 aliphatic rings. The third-order valence-corrected chi connectivity index (χ3v) is 4.63. The Hall–Kier alpha value is -2.50. The predicted octanol–water partition coefficient (Wildman–Crippen LogP) is 5.31. The summed E-state index contributed by atoms with van der Waals surface area (Å²) in [4.78, 5) is 8.26. The van der Waals surface area contributed by atoms with E-state index in [1.807, 2.05) is 18.2 Å². The third kappa shape index (κ3) is 5.25. The molecule has 0 aliphatic heterocycles. The van der Waals surface area contributed by atoms with Crippen molar-refractivity contribution in [3.05, 3.63) is 69.7 Å². The zero-order valence-electron chi connectivity index (χ0n) is 14.7.